The first kappa shape index (κ1) is 19.0. The Labute approximate surface area is 139 Å². The second-order valence-electron chi connectivity index (χ2n) is 5.46. The lowest BCUT2D eigenvalue weighted by molar-refractivity contribution is -0.134. The topological polar surface area (TPSA) is 52.7 Å². The van der Waals surface area contributed by atoms with Crippen molar-refractivity contribution in [3.63, 3.8) is 0 Å². The van der Waals surface area contributed by atoms with Crippen molar-refractivity contribution < 1.29 is 9.59 Å². The number of hydrogen-bond acceptors (Lipinski definition) is 3. The van der Waals surface area contributed by atoms with E-state index in [1.54, 1.807) is 4.90 Å². The molecule has 23 heavy (non-hydrogen) atoms. The zero-order chi connectivity index (χ0) is 17.4. The Bertz CT molecular complexity index is 535. The average Bonchev–Trinajstić information content (AvgIpc) is 2.52. The fourth-order valence-corrected chi connectivity index (χ4v) is 2.59. The van der Waals surface area contributed by atoms with Crippen molar-refractivity contribution in [3.8, 4) is 0 Å². The Morgan fingerprint density at radius 3 is 2.09 bits per heavy atom. The van der Waals surface area contributed by atoms with Crippen molar-refractivity contribution >= 4 is 23.2 Å². The van der Waals surface area contributed by atoms with E-state index in [0.29, 0.717) is 13.1 Å². The van der Waals surface area contributed by atoms with Crippen LogP contribution in [0.25, 0.3) is 0 Å². The van der Waals surface area contributed by atoms with Gasteiger partial charge in [-0.25, -0.2) is 0 Å². The van der Waals surface area contributed by atoms with Crippen LogP contribution in [-0.2, 0) is 9.59 Å². The quantitative estimate of drug-likeness (QED) is 0.749. The van der Waals surface area contributed by atoms with Gasteiger partial charge in [0, 0.05) is 37.6 Å². The summed E-state index contributed by atoms with van der Waals surface area (Å²) in [6.45, 7) is 13.2. The highest BCUT2D eigenvalue weighted by Gasteiger charge is 2.15. The molecule has 1 aromatic rings. The number of nitrogens with one attached hydrogen (secondary N) is 1. The summed E-state index contributed by atoms with van der Waals surface area (Å²) in [6.07, 6.45) is -0.112. The maximum absolute atomic E-state index is 12.1. The Balaban J connectivity index is 2.74. The van der Waals surface area contributed by atoms with E-state index in [-0.39, 0.29) is 18.2 Å². The number of benzene rings is 1. The number of nitrogens with zero attached hydrogens (tertiary/aromatic N) is 2. The summed E-state index contributed by atoms with van der Waals surface area (Å²) in [5.41, 5.74) is 2.90. The molecule has 5 heteroatoms. The summed E-state index contributed by atoms with van der Waals surface area (Å²) >= 11 is 0. The van der Waals surface area contributed by atoms with Gasteiger partial charge in [-0.05, 0) is 58.4 Å². The fourth-order valence-electron chi connectivity index (χ4n) is 2.59. The van der Waals surface area contributed by atoms with Gasteiger partial charge in [0.25, 0.3) is 0 Å². The number of carbonyl (C=O) groups is 2. The number of amides is 2. The van der Waals surface area contributed by atoms with Crippen LogP contribution in [0.4, 0.5) is 11.4 Å². The van der Waals surface area contributed by atoms with Gasteiger partial charge in [0.2, 0.25) is 11.8 Å². The van der Waals surface area contributed by atoms with Crippen LogP contribution in [0.2, 0.25) is 0 Å². The zero-order valence-corrected chi connectivity index (χ0v) is 15.0. The minimum atomic E-state index is -0.263. The third-order valence-electron chi connectivity index (χ3n) is 4.04. The maximum atomic E-state index is 12.1. The number of hydrogen-bond donors (Lipinski definition) is 1. The Morgan fingerprint density at radius 1 is 1.00 bits per heavy atom. The van der Waals surface area contributed by atoms with E-state index >= 15 is 0 Å². The van der Waals surface area contributed by atoms with Gasteiger partial charge in [-0.1, -0.05) is 0 Å². The molecule has 0 spiro atoms. The summed E-state index contributed by atoms with van der Waals surface area (Å²) in [5, 5.41) is 2.84. The molecule has 0 unspecified atom stereocenters. The molecule has 1 N–H and O–H groups in total. The summed E-state index contributed by atoms with van der Waals surface area (Å²) in [4.78, 5) is 28.0. The van der Waals surface area contributed by atoms with Crippen molar-refractivity contribution in [2.75, 3.05) is 36.4 Å². The predicted octanol–water partition coefficient (Wildman–Crippen LogP) is 3.04. The van der Waals surface area contributed by atoms with Crippen molar-refractivity contribution in [2.24, 2.45) is 0 Å². The van der Waals surface area contributed by atoms with E-state index in [1.165, 1.54) is 0 Å². The molecular weight excluding hydrogens is 290 g/mol. The van der Waals surface area contributed by atoms with Crippen molar-refractivity contribution in [3.05, 3.63) is 23.8 Å². The first-order valence-corrected chi connectivity index (χ1v) is 8.39. The van der Waals surface area contributed by atoms with Crippen LogP contribution in [0.3, 0.4) is 0 Å². The largest absolute Gasteiger partial charge is 0.372 e. The molecule has 0 heterocycles. The lowest BCUT2D eigenvalue weighted by Gasteiger charge is -2.22. The SMILES string of the molecule is CCN(CC)C(=O)CC(=O)Nc1ccc(N(CC)CC)cc1C. The lowest BCUT2D eigenvalue weighted by atomic mass is 10.1. The third-order valence-corrected chi connectivity index (χ3v) is 4.04. The van der Waals surface area contributed by atoms with Gasteiger partial charge in [-0.2, -0.15) is 0 Å². The molecule has 0 aliphatic rings. The Hall–Kier alpha value is -2.04. The molecular formula is C18H29N3O2. The van der Waals surface area contributed by atoms with Gasteiger partial charge < -0.3 is 15.1 Å². The molecule has 2 amide bonds. The summed E-state index contributed by atoms with van der Waals surface area (Å²) in [6, 6.07) is 5.97. The van der Waals surface area contributed by atoms with E-state index < -0.39 is 0 Å². The van der Waals surface area contributed by atoms with Gasteiger partial charge in [0.05, 0.1) is 0 Å². The summed E-state index contributed by atoms with van der Waals surface area (Å²) in [5.74, 6) is -0.398. The van der Waals surface area contributed by atoms with Crippen LogP contribution in [0.15, 0.2) is 18.2 Å². The number of anilines is 2. The second-order valence-corrected chi connectivity index (χ2v) is 5.46. The fraction of sp³-hybridized carbons (Fsp3) is 0.556. The van der Waals surface area contributed by atoms with Crippen molar-refractivity contribution in [1.82, 2.24) is 4.90 Å². The molecule has 0 saturated carbocycles. The molecule has 1 rings (SSSR count). The minimum absolute atomic E-state index is 0.112. The predicted molar refractivity (Wildman–Crippen MR) is 95.9 cm³/mol. The first-order chi connectivity index (χ1) is 11.0. The third kappa shape index (κ3) is 5.27. The van der Waals surface area contributed by atoms with Gasteiger partial charge in [-0.3, -0.25) is 9.59 Å². The highest BCUT2D eigenvalue weighted by atomic mass is 16.2. The van der Waals surface area contributed by atoms with Crippen LogP contribution in [0.5, 0.6) is 0 Å². The molecule has 5 nitrogen and oxygen atoms in total. The Kier molecular flexibility index (Phi) is 7.59. The number of aryl methyl sites for hydroxylation is 1. The number of rotatable bonds is 8. The first-order valence-electron chi connectivity index (χ1n) is 8.39. The van der Waals surface area contributed by atoms with Crippen molar-refractivity contribution in [1.29, 1.82) is 0 Å². The average molecular weight is 319 g/mol. The molecule has 0 bridgehead atoms. The zero-order valence-electron chi connectivity index (χ0n) is 15.0. The lowest BCUT2D eigenvalue weighted by Crippen LogP contribution is -2.33. The summed E-state index contributed by atoms with van der Waals surface area (Å²) < 4.78 is 0. The van der Waals surface area contributed by atoms with E-state index in [9.17, 15) is 9.59 Å². The molecule has 0 atom stereocenters. The highest BCUT2D eigenvalue weighted by Crippen LogP contribution is 2.22. The van der Waals surface area contributed by atoms with Gasteiger partial charge in [-0.15, -0.1) is 0 Å². The van der Waals surface area contributed by atoms with Crippen LogP contribution >= 0.6 is 0 Å². The van der Waals surface area contributed by atoms with E-state index in [1.807, 2.05) is 32.9 Å². The van der Waals surface area contributed by atoms with Crippen LogP contribution in [0.1, 0.15) is 39.7 Å². The van der Waals surface area contributed by atoms with E-state index in [2.05, 4.69) is 30.1 Å². The van der Waals surface area contributed by atoms with Crippen molar-refractivity contribution in [2.45, 2.75) is 41.0 Å². The molecule has 128 valence electrons. The second kappa shape index (κ2) is 9.18. The molecule has 1 aromatic carbocycles. The number of carbonyl (C=O) groups excluding carboxylic acids is 2. The normalized spacial score (nSPS) is 10.3. The standard InChI is InChI=1S/C18H29N3O2/c1-6-20(7-2)15-10-11-16(14(5)12-15)19-17(22)13-18(23)21(8-3)9-4/h10-12H,6-9,13H2,1-5H3,(H,19,22). The van der Waals surface area contributed by atoms with Gasteiger partial charge in [0.1, 0.15) is 6.42 Å². The van der Waals surface area contributed by atoms with Crippen LogP contribution in [0, 0.1) is 6.92 Å². The highest BCUT2D eigenvalue weighted by molar-refractivity contribution is 6.03. The molecule has 0 aromatic heterocycles. The van der Waals surface area contributed by atoms with Crippen LogP contribution in [-0.4, -0.2) is 42.9 Å². The molecule has 0 aliphatic heterocycles. The minimum Gasteiger partial charge on any atom is -0.372 e. The van der Waals surface area contributed by atoms with E-state index in [0.717, 1.165) is 30.0 Å². The maximum Gasteiger partial charge on any atom is 0.233 e. The summed E-state index contributed by atoms with van der Waals surface area (Å²) in [7, 11) is 0. The van der Waals surface area contributed by atoms with Gasteiger partial charge in [0.15, 0.2) is 0 Å². The molecule has 0 aliphatic carbocycles. The van der Waals surface area contributed by atoms with Crippen LogP contribution < -0.4 is 10.2 Å². The molecule has 0 fully saturated rings. The monoisotopic (exact) mass is 319 g/mol. The van der Waals surface area contributed by atoms with Gasteiger partial charge >= 0.3 is 0 Å². The molecule has 0 radical (unpaired) electrons. The molecule has 0 saturated heterocycles. The Morgan fingerprint density at radius 2 is 1.61 bits per heavy atom. The van der Waals surface area contributed by atoms with E-state index in [4.69, 9.17) is 0 Å². The smallest absolute Gasteiger partial charge is 0.233 e.